The van der Waals surface area contributed by atoms with Crippen LogP contribution in [0.3, 0.4) is 0 Å². The first-order chi connectivity index (χ1) is 14.1. The fourth-order valence-electron chi connectivity index (χ4n) is 3.25. The number of anilines is 2. The van der Waals surface area contributed by atoms with Gasteiger partial charge in [0.25, 0.3) is 11.9 Å². The van der Waals surface area contributed by atoms with Crippen molar-refractivity contribution < 1.29 is 13.9 Å². The minimum atomic E-state index is 0.0704. The van der Waals surface area contributed by atoms with E-state index in [9.17, 15) is 4.79 Å². The summed E-state index contributed by atoms with van der Waals surface area (Å²) < 4.78 is 11.0. The summed E-state index contributed by atoms with van der Waals surface area (Å²) in [6.07, 6.45) is 1.67. The first kappa shape index (κ1) is 19.0. The van der Waals surface area contributed by atoms with Crippen LogP contribution in [0.25, 0.3) is 11.3 Å². The maximum Gasteiger partial charge on any atom is 0.299 e. The smallest absolute Gasteiger partial charge is 0.299 e. The molecule has 0 bridgehead atoms. The quantitative estimate of drug-likeness (QED) is 0.717. The van der Waals surface area contributed by atoms with Gasteiger partial charge < -0.3 is 24.3 Å². The molecule has 0 saturated carbocycles. The summed E-state index contributed by atoms with van der Waals surface area (Å²) in [6.45, 7) is 3.34. The number of amides is 1. The van der Waals surface area contributed by atoms with Crippen molar-refractivity contribution in [1.82, 2.24) is 14.8 Å². The first-order valence-corrected chi connectivity index (χ1v) is 9.57. The molecule has 29 heavy (non-hydrogen) atoms. The predicted molar refractivity (Wildman–Crippen MR) is 112 cm³/mol. The van der Waals surface area contributed by atoms with Crippen LogP contribution < -0.4 is 10.1 Å². The maximum absolute atomic E-state index is 12.6. The lowest BCUT2D eigenvalue weighted by molar-refractivity contribution is 0.0664. The highest BCUT2D eigenvalue weighted by Gasteiger charge is 2.20. The summed E-state index contributed by atoms with van der Waals surface area (Å²) in [7, 11) is 3.70. The van der Waals surface area contributed by atoms with Crippen LogP contribution in [0.5, 0.6) is 5.75 Å². The Kier molecular flexibility index (Phi) is 5.48. The third-order valence-electron chi connectivity index (χ3n) is 5.03. The van der Waals surface area contributed by atoms with E-state index in [4.69, 9.17) is 9.15 Å². The molecule has 3 aromatic rings. The highest BCUT2D eigenvalue weighted by molar-refractivity contribution is 5.94. The number of carbonyl (C=O) groups excluding carboxylic acids is 1. The standard InChI is InChI=1S/C22H24N4O3/c1-25-10-12-26(13-11-25)21(27)16-6-8-18(9-7-16)24-22-23-15-20(29-22)17-4-3-5-19(14-17)28-2/h3-9,14-15H,10-13H2,1-2H3,(H,23,24). The van der Waals surface area contributed by atoms with E-state index in [1.807, 2.05) is 53.4 Å². The highest BCUT2D eigenvalue weighted by Crippen LogP contribution is 2.27. The molecular formula is C22H24N4O3. The molecule has 2 aromatic carbocycles. The van der Waals surface area contributed by atoms with Crippen molar-refractivity contribution in [3.63, 3.8) is 0 Å². The van der Waals surface area contributed by atoms with E-state index in [0.717, 1.165) is 43.2 Å². The Morgan fingerprint density at radius 3 is 2.59 bits per heavy atom. The molecule has 2 heterocycles. The topological polar surface area (TPSA) is 70.8 Å². The van der Waals surface area contributed by atoms with Crippen molar-refractivity contribution in [2.45, 2.75) is 0 Å². The van der Waals surface area contributed by atoms with Crippen molar-refractivity contribution in [2.24, 2.45) is 0 Å². The molecule has 7 heteroatoms. The second kappa shape index (κ2) is 8.36. The molecule has 0 spiro atoms. The number of likely N-dealkylation sites (N-methyl/N-ethyl adjacent to an activating group) is 1. The molecule has 150 valence electrons. The van der Waals surface area contributed by atoms with Gasteiger partial charge in [-0.1, -0.05) is 12.1 Å². The highest BCUT2D eigenvalue weighted by atomic mass is 16.5. The fraction of sp³-hybridized carbons (Fsp3) is 0.273. The number of ether oxygens (including phenoxy) is 1. The monoisotopic (exact) mass is 392 g/mol. The van der Waals surface area contributed by atoms with Gasteiger partial charge in [-0.3, -0.25) is 4.79 Å². The van der Waals surface area contributed by atoms with E-state index in [1.54, 1.807) is 13.3 Å². The van der Waals surface area contributed by atoms with Gasteiger partial charge in [-0.15, -0.1) is 0 Å². The van der Waals surface area contributed by atoms with Gasteiger partial charge in [0.1, 0.15) is 5.75 Å². The Labute approximate surface area is 169 Å². The van der Waals surface area contributed by atoms with E-state index in [1.165, 1.54) is 0 Å². The number of hydrogen-bond acceptors (Lipinski definition) is 6. The van der Waals surface area contributed by atoms with E-state index < -0.39 is 0 Å². The summed E-state index contributed by atoms with van der Waals surface area (Å²) in [4.78, 5) is 21.0. The molecule has 1 saturated heterocycles. The lowest BCUT2D eigenvalue weighted by atomic mass is 10.1. The molecule has 0 atom stereocenters. The molecule has 4 rings (SSSR count). The zero-order valence-electron chi connectivity index (χ0n) is 16.6. The normalized spacial score (nSPS) is 14.6. The van der Waals surface area contributed by atoms with Crippen molar-refractivity contribution in [1.29, 1.82) is 0 Å². The number of oxazole rings is 1. The summed E-state index contributed by atoms with van der Waals surface area (Å²) in [6, 6.07) is 15.4. The molecule has 0 unspecified atom stereocenters. The average molecular weight is 392 g/mol. The third kappa shape index (κ3) is 4.41. The third-order valence-corrected chi connectivity index (χ3v) is 5.03. The zero-order valence-corrected chi connectivity index (χ0v) is 16.6. The molecule has 0 radical (unpaired) electrons. The summed E-state index contributed by atoms with van der Waals surface area (Å²) in [5.41, 5.74) is 2.38. The number of piperazine rings is 1. The molecule has 1 fully saturated rings. The van der Waals surface area contributed by atoms with Crippen molar-refractivity contribution in [2.75, 3.05) is 45.7 Å². The fourth-order valence-corrected chi connectivity index (χ4v) is 3.25. The first-order valence-electron chi connectivity index (χ1n) is 9.57. The summed E-state index contributed by atoms with van der Waals surface area (Å²) in [5.74, 6) is 1.48. The lowest BCUT2D eigenvalue weighted by Gasteiger charge is -2.32. The number of methoxy groups -OCH3 is 1. The van der Waals surface area contributed by atoms with Crippen LogP contribution in [-0.2, 0) is 0 Å². The zero-order chi connectivity index (χ0) is 20.2. The number of nitrogens with zero attached hydrogens (tertiary/aromatic N) is 3. The maximum atomic E-state index is 12.6. The van der Waals surface area contributed by atoms with E-state index in [0.29, 0.717) is 17.3 Å². The van der Waals surface area contributed by atoms with Crippen LogP contribution in [0.15, 0.2) is 59.1 Å². The molecule has 1 aromatic heterocycles. The van der Waals surface area contributed by atoms with Crippen LogP contribution in [0.2, 0.25) is 0 Å². The lowest BCUT2D eigenvalue weighted by Crippen LogP contribution is -2.47. The van der Waals surface area contributed by atoms with Gasteiger partial charge in [0.2, 0.25) is 0 Å². The number of carbonyl (C=O) groups is 1. The molecule has 1 amide bonds. The van der Waals surface area contributed by atoms with E-state index in [-0.39, 0.29) is 5.91 Å². The summed E-state index contributed by atoms with van der Waals surface area (Å²) >= 11 is 0. The van der Waals surface area contributed by atoms with E-state index >= 15 is 0 Å². The van der Waals surface area contributed by atoms with Gasteiger partial charge in [-0.25, -0.2) is 4.98 Å². The van der Waals surface area contributed by atoms with Crippen molar-refractivity contribution in [3.05, 3.63) is 60.3 Å². The molecule has 0 aliphatic carbocycles. The van der Waals surface area contributed by atoms with Gasteiger partial charge in [-0.05, 0) is 43.4 Å². The largest absolute Gasteiger partial charge is 0.497 e. The molecule has 1 aliphatic rings. The minimum absolute atomic E-state index is 0.0704. The number of benzene rings is 2. The Hall–Kier alpha value is -3.32. The number of hydrogen-bond donors (Lipinski definition) is 1. The van der Waals surface area contributed by atoms with Crippen molar-refractivity contribution in [3.8, 4) is 17.1 Å². The molecule has 7 nitrogen and oxygen atoms in total. The molecule has 1 aliphatic heterocycles. The van der Waals surface area contributed by atoms with E-state index in [2.05, 4.69) is 22.2 Å². The molecular weight excluding hydrogens is 368 g/mol. The Balaban J connectivity index is 1.41. The Morgan fingerprint density at radius 1 is 1.10 bits per heavy atom. The average Bonchev–Trinajstić information content (AvgIpc) is 3.23. The van der Waals surface area contributed by atoms with Gasteiger partial charge in [-0.2, -0.15) is 0 Å². The van der Waals surface area contributed by atoms with Crippen LogP contribution in [-0.4, -0.2) is 61.0 Å². The second-order valence-corrected chi connectivity index (χ2v) is 7.06. The van der Waals surface area contributed by atoms with Gasteiger partial charge in [0.05, 0.1) is 13.3 Å². The van der Waals surface area contributed by atoms with Gasteiger partial charge in [0, 0.05) is 43.0 Å². The van der Waals surface area contributed by atoms with Crippen LogP contribution in [0.4, 0.5) is 11.7 Å². The SMILES string of the molecule is COc1cccc(-c2cnc(Nc3ccc(C(=O)N4CCN(C)CC4)cc3)o2)c1. The number of rotatable bonds is 5. The van der Waals surface area contributed by atoms with Crippen LogP contribution in [0, 0.1) is 0 Å². The van der Waals surface area contributed by atoms with Gasteiger partial charge >= 0.3 is 0 Å². The Bertz CT molecular complexity index is 976. The summed E-state index contributed by atoms with van der Waals surface area (Å²) in [5, 5.41) is 3.13. The van der Waals surface area contributed by atoms with Crippen LogP contribution in [0.1, 0.15) is 10.4 Å². The number of nitrogens with one attached hydrogen (secondary N) is 1. The second-order valence-electron chi connectivity index (χ2n) is 7.06. The van der Waals surface area contributed by atoms with Gasteiger partial charge in [0.15, 0.2) is 5.76 Å². The van der Waals surface area contributed by atoms with Crippen molar-refractivity contribution >= 4 is 17.6 Å². The predicted octanol–water partition coefficient (Wildman–Crippen LogP) is 3.48. The Morgan fingerprint density at radius 2 is 1.86 bits per heavy atom. The minimum Gasteiger partial charge on any atom is -0.497 e. The number of aromatic nitrogens is 1. The van der Waals surface area contributed by atoms with Crippen LogP contribution >= 0.6 is 0 Å². The molecule has 1 N–H and O–H groups in total.